The van der Waals surface area contributed by atoms with Crippen LogP contribution in [-0.2, 0) is 0 Å². The van der Waals surface area contributed by atoms with Crippen LogP contribution in [0.25, 0.3) is 0 Å². The predicted octanol–water partition coefficient (Wildman–Crippen LogP) is 4.60. The Labute approximate surface area is 111 Å². The van der Waals surface area contributed by atoms with E-state index in [1.54, 1.807) is 6.07 Å². The largest absolute Gasteiger partial charge is 0.310 e. The zero-order valence-corrected chi connectivity index (χ0v) is 11.8. The molecule has 0 aliphatic heterocycles. The Morgan fingerprint density at radius 3 is 2.88 bits per heavy atom. The monoisotopic (exact) mass is 299 g/mol. The van der Waals surface area contributed by atoms with Crippen LogP contribution in [0, 0.1) is 5.82 Å². The summed E-state index contributed by atoms with van der Waals surface area (Å²) in [6, 6.07) is 5.18. The summed E-state index contributed by atoms with van der Waals surface area (Å²) in [6.07, 6.45) is 4.80. The maximum absolute atomic E-state index is 13.8. The predicted molar refractivity (Wildman–Crippen MR) is 74.6 cm³/mol. The van der Waals surface area contributed by atoms with Crippen molar-refractivity contribution in [3.8, 4) is 0 Å². The van der Waals surface area contributed by atoms with Crippen LogP contribution in [0.1, 0.15) is 37.8 Å². The summed E-state index contributed by atoms with van der Waals surface area (Å²) in [5.41, 5.74) is 0.735. The standard InChI is InChI=1S/C14H19BrFN/c1-3-5-6-10-13(17-4-2)14-11(15)8-7-9-12(14)16/h3,7-9,13,17H,1,4-6,10H2,2H3. The van der Waals surface area contributed by atoms with Crippen LogP contribution in [0.3, 0.4) is 0 Å². The van der Waals surface area contributed by atoms with Gasteiger partial charge >= 0.3 is 0 Å². The SMILES string of the molecule is C=CCCCC(NCC)c1c(F)cccc1Br. The second-order valence-electron chi connectivity index (χ2n) is 3.97. The van der Waals surface area contributed by atoms with Crippen LogP contribution in [-0.4, -0.2) is 6.54 Å². The third-order valence-corrected chi connectivity index (χ3v) is 3.39. The Morgan fingerprint density at radius 1 is 1.53 bits per heavy atom. The molecule has 0 aliphatic carbocycles. The summed E-state index contributed by atoms with van der Waals surface area (Å²) in [4.78, 5) is 0. The average Bonchev–Trinajstić information content (AvgIpc) is 2.29. The minimum absolute atomic E-state index is 0.0653. The lowest BCUT2D eigenvalue weighted by atomic mass is 10.0. The molecule has 1 atom stereocenters. The van der Waals surface area contributed by atoms with Gasteiger partial charge in [0.1, 0.15) is 5.82 Å². The Bertz CT molecular complexity index is 345. The molecule has 0 fully saturated rings. The van der Waals surface area contributed by atoms with Crippen molar-refractivity contribution in [2.75, 3.05) is 6.54 Å². The van der Waals surface area contributed by atoms with Crippen molar-refractivity contribution in [2.45, 2.75) is 32.2 Å². The molecular formula is C14H19BrFN. The molecule has 1 aromatic rings. The van der Waals surface area contributed by atoms with Gasteiger partial charge in [-0.1, -0.05) is 35.0 Å². The molecule has 0 saturated heterocycles. The van der Waals surface area contributed by atoms with E-state index in [2.05, 4.69) is 27.8 Å². The molecule has 1 unspecified atom stereocenters. The van der Waals surface area contributed by atoms with Crippen LogP contribution in [0.2, 0.25) is 0 Å². The number of halogens is 2. The van der Waals surface area contributed by atoms with Crippen molar-refractivity contribution in [1.29, 1.82) is 0 Å². The van der Waals surface area contributed by atoms with E-state index in [0.29, 0.717) is 0 Å². The smallest absolute Gasteiger partial charge is 0.129 e. The van der Waals surface area contributed by atoms with Crippen LogP contribution in [0.15, 0.2) is 35.3 Å². The van der Waals surface area contributed by atoms with E-state index in [-0.39, 0.29) is 11.9 Å². The second kappa shape index (κ2) is 7.62. The Morgan fingerprint density at radius 2 is 2.29 bits per heavy atom. The number of hydrogen-bond donors (Lipinski definition) is 1. The van der Waals surface area contributed by atoms with Crippen molar-refractivity contribution in [3.05, 3.63) is 46.7 Å². The lowest BCUT2D eigenvalue weighted by molar-refractivity contribution is 0.472. The first-order valence-electron chi connectivity index (χ1n) is 5.98. The first-order valence-corrected chi connectivity index (χ1v) is 6.78. The highest BCUT2D eigenvalue weighted by Gasteiger charge is 2.17. The normalized spacial score (nSPS) is 12.4. The maximum Gasteiger partial charge on any atom is 0.129 e. The quantitative estimate of drug-likeness (QED) is 0.573. The van der Waals surface area contributed by atoms with Gasteiger partial charge < -0.3 is 5.32 Å². The molecule has 0 spiro atoms. The summed E-state index contributed by atoms with van der Waals surface area (Å²) >= 11 is 3.43. The van der Waals surface area contributed by atoms with Gasteiger partial charge in [0, 0.05) is 16.1 Å². The highest BCUT2D eigenvalue weighted by molar-refractivity contribution is 9.10. The fraction of sp³-hybridized carbons (Fsp3) is 0.429. The molecule has 0 bridgehead atoms. The molecule has 0 aromatic heterocycles. The number of allylic oxidation sites excluding steroid dienone is 1. The van der Waals surface area contributed by atoms with Gasteiger partial charge in [0.05, 0.1) is 0 Å². The molecule has 0 aliphatic rings. The molecule has 1 nitrogen and oxygen atoms in total. The summed E-state index contributed by atoms with van der Waals surface area (Å²) in [5.74, 6) is -0.149. The number of benzene rings is 1. The van der Waals surface area contributed by atoms with E-state index in [0.717, 1.165) is 35.8 Å². The number of unbranched alkanes of at least 4 members (excludes halogenated alkanes) is 1. The van der Waals surface area contributed by atoms with Crippen molar-refractivity contribution in [1.82, 2.24) is 5.32 Å². The summed E-state index contributed by atoms with van der Waals surface area (Å²) < 4.78 is 14.7. The van der Waals surface area contributed by atoms with Gasteiger partial charge in [0.25, 0.3) is 0 Å². The first kappa shape index (κ1) is 14.4. The van der Waals surface area contributed by atoms with E-state index in [4.69, 9.17) is 0 Å². The van der Waals surface area contributed by atoms with Crippen molar-refractivity contribution < 1.29 is 4.39 Å². The van der Waals surface area contributed by atoms with E-state index >= 15 is 0 Å². The van der Waals surface area contributed by atoms with E-state index in [9.17, 15) is 4.39 Å². The van der Waals surface area contributed by atoms with E-state index < -0.39 is 0 Å². The van der Waals surface area contributed by atoms with Gasteiger partial charge in [-0.05, 0) is 37.9 Å². The molecule has 17 heavy (non-hydrogen) atoms. The molecule has 0 radical (unpaired) electrons. The molecule has 0 saturated carbocycles. The summed E-state index contributed by atoms with van der Waals surface area (Å²) in [7, 11) is 0. The van der Waals surface area contributed by atoms with Crippen molar-refractivity contribution >= 4 is 15.9 Å². The van der Waals surface area contributed by atoms with Gasteiger partial charge in [-0.15, -0.1) is 6.58 Å². The van der Waals surface area contributed by atoms with E-state index in [1.165, 1.54) is 6.07 Å². The second-order valence-corrected chi connectivity index (χ2v) is 4.82. The Kier molecular flexibility index (Phi) is 6.45. The fourth-order valence-corrected chi connectivity index (χ4v) is 2.52. The molecule has 1 N–H and O–H groups in total. The Hall–Kier alpha value is -0.670. The van der Waals surface area contributed by atoms with Crippen LogP contribution in [0.4, 0.5) is 4.39 Å². The number of hydrogen-bond acceptors (Lipinski definition) is 1. The van der Waals surface area contributed by atoms with Crippen molar-refractivity contribution in [3.63, 3.8) is 0 Å². The van der Waals surface area contributed by atoms with Gasteiger partial charge in [-0.2, -0.15) is 0 Å². The summed E-state index contributed by atoms with van der Waals surface area (Å²) in [6.45, 7) is 6.58. The zero-order chi connectivity index (χ0) is 12.7. The summed E-state index contributed by atoms with van der Waals surface area (Å²) in [5, 5.41) is 3.34. The lowest BCUT2D eigenvalue weighted by Gasteiger charge is -2.20. The van der Waals surface area contributed by atoms with Crippen LogP contribution >= 0.6 is 15.9 Å². The number of nitrogens with one attached hydrogen (secondary N) is 1. The van der Waals surface area contributed by atoms with Crippen LogP contribution in [0.5, 0.6) is 0 Å². The molecule has 3 heteroatoms. The molecule has 0 amide bonds. The third kappa shape index (κ3) is 4.25. The average molecular weight is 300 g/mol. The topological polar surface area (TPSA) is 12.0 Å². The minimum atomic E-state index is -0.149. The number of rotatable bonds is 7. The molecule has 1 aromatic carbocycles. The lowest BCUT2D eigenvalue weighted by Crippen LogP contribution is -2.22. The highest BCUT2D eigenvalue weighted by Crippen LogP contribution is 2.29. The van der Waals surface area contributed by atoms with Gasteiger partial charge in [-0.25, -0.2) is 4.39 Å². The van der Waals surface area contributed by atoms with Gasteiger partial charge in [0.15, 0.2) is 0 Å². The molecule has 94 valence electrons. The highest BCUT2D eigenvalue weighted by atomic mass is 79.9. The van der Waals surface area contributed by atoms with E-state index in [1.807, 2.05) is 19.1 Å². The molecule has 0 heterocycles. The fourth-order valence-electron chi connectivity index (χ4n) is 1.90. The zero-order valence-electron chi connectivity index (χ0n) is 10.2. The first-order chi connectivity index (χ1) is 8.20. The van der Waals surface area contributed by atoms with Crippen LogP contribution < -0.4 is 5.32 Å². The molecular weight excluding hydrogens is 281 g/mol. The minimum Gasteiger partial charge on any atom is -0.310 e. The third-order valence-electron chi connectivity index (χ3n) is 2.70. The maximum atomic E-state index is 13.8. The van der Waals surface area contributed by atoms with Crippen molar-refractivity contribution in [2.24, 2.45) is 0 Å². The van der Waals surface area contributed by atoms with Gasteiger partial charge in [0.2, 0.25) is 0 Å². The molecule has 1 rings (SSSR count). The van der Waals surface area contributed by atoms with Gasteiger partial charge in [-0.3, -0.25) is 0 Å². The Balaban J connectivity index is 2.84.